The summed E-state index contributed by atoms with van der Waals surface area (Å²) in [6.07, 6.45) is 10.8. The number of unbranched alkanes of at least 4 members (excludes halogenated alkanes) is 3. The summed E-state index contributed by atoms with van der Waals surface area (Å²) in [6.45, 7) is 1.69. The fourth-order valence-corrected chi connectivity index (χ4v) is 2.34. The third kappa shape index (κ3) is 7.50. The van der Waals surface area contributed by atoms with Crippen molar-refractivity contribution in [1.82, 2.24) is 0 Å². The van der Waals surface area contributed by atoms with Crippen molar-refractivity contribution in [3.8, 4) is 0 Å². The van der Waals surface area contributed by atoms with E-state index in [1.807, 2.05) is 0 Å². The molecule has 17 heavy (non-hydrogen) atoms. The minimum absolute atomic E-state index is 0.427. The summed E-state index contributed by atoms with van der Waals surface area (Å²) in [7, 11) is 0. The van der Waals surface area contributed by atoms with Gasteiger partial charge in [-0.05, 0) is 45.1 Å². The lowest BCUT2D eigenvalue weighted by molar-refractivity contribution is -0.119. The molecule has 100 valence electrons. The number of carbonyl (C=O) groups excluding carboxylic acids is 1. The van der Waals surface area contributed by atoms with E-state index >= 15 is 0 Å². The number of hydrogen-bond acceptors (Lipinski definition) is 3. The van der Waals surface area contributed by atoms with Gasteiger partial charge in [0.25, 0.3) is 0 Å². The monoisotopic (exact) mass is 241 g/mol. The van der Waals surface area contributed by atoms with E-state index in [-0.39, 0.29) is 0 Å². The smallest absolute Gasteiger partial charge is 0.132 e. The fraction of sp³-hybridized carbons (Fsp3) is 0.929. The van der Waals surface area contributed by atoms with E-state index in [0.29, 0.717) is 11.9 Å². The highest BCUT2D eigenvalue weighted by Crippen LogP contribution is 2.18. The molecule has 1 atom stereocenters. The van der Waals surface area contributed by atoms with Crippen molar-refractivity contribution in [3.05, 3.63) is 0 Å². The Hall–Kier alpha value is -0.410. The van der Waals surface area contributed by atoms with Crippen LogP contribution in [0.4, 0.5) is 0 Å². The van der Waals surface area contributed by atoms with E-state index in [0.717, 1.165) is 58.1 Å². The summed E-state index contributed by atoms with van der Waals surface area (Å²) in [5.41, 5.74) is 5.42. The molecule has 1 rings (SSSR count). The molecule has 0 spiro atoms. The molecule has 1 fully saturated rings. The first-order chi connectivity index (χ1) is 8.33. The molecule has 1 aliphatic rings. The van der Waals surface area contributed by atoms with Crippen LogP contribution >= 0.6 is 0 Å². The lowest BCUT2D eigenvalue weighted by atomic mass is 10.0. The summed E-state index contributed by atoms with van der Waals surface area (Å²) in [5.74, 6) is 0.427. The topological polar surface area (TPSA) is 52.3 Å². The maximum Gasteiger partial charge on any atom is 0.132 e. The zero-order valence-corrected chi connectivity index (χ0v) is 11.0. The van der Waals surface area contributed by atoms with Crippen LogP contribution in [-0.4, -0.2) is 25.0 Å². The molecule has 3 nitrogen and oxygen atoms in total. The van der Waals surface area contributed by atoms with Gasteiger partial charge in [0, 0.05) is 19.4 Å². The SMILES string of the molecule is NCCCCCCC(=O)CCCC1CCCO1. The number of Topliss-reactive ketones (excluding diaryl/α,β-unsaturated/α-hetero) is 1. The first kappa shape index (κ1) is 14.7. The van der Waals surface area contributed by atoms with E-state index < -0.39 is 0 Å². The van der Waals surface area contributed by atoms with Gasteiger partial charge in [-0.1, -0.05) is 12.8 Å². The highest BCUT2D eigenvalue weighted by Gasteiger charge is 2.15. The number of nitrogens with two attached hydrogens (primary N) is 1. The molecular formula is C14H27NO2. The predicted molar refractivity (Wildman–Crippen MR) is 70.0 cm³/mol. The van der Waals surface area contributed by atoms with Crippen LogP contribution in [0.2, 0.25) is 0 Å². The average molecular weight is 241 g/mol. The minimum atomic E-state index is 0.427. The van der Waals surface area contributed by atoms with E-state index in [2.05, 4.69) is 0 Å². The van der Waals surface area contributed by atoms with Gasteiger partial charge in [0.15, 0.2) is 0 Å². The summed E-state index contributed by atoms with van der Waals surface area (Å²) < 4.78 is 5.54. The molecule has 1 saturated heterocycles. The Kier molecular flexibility index (Phi) is 8.28. The third-order valence-corrected chi connectivity index (χ3v) is 3.42. The first-order valence-corrected chi connectivity index (χ1v) is 7.16. The van der Waals surface area contributed by atoms with Gasteiger partial charge in [-0.2, -0.15) is 0 Å². The molecule has 3 heteroatoms. The normalized spacial score (nSPS) is 19.7. The van der Waals surface area contributed by atoms with Crippen molar-refractivity contribution in [2.24, 2.45) is 5.73 Å². The van der Waals surface area contributed by atoms with Gasteiger partial charge in [0.1, 0.15) is 5.78 Å². The van der Waals surface area contributed by atoms with Crippen molar-refractivity contribution in [1.29, 1.82) is 0 Å². The van der Waals surface area contributed by atoms with Gasteiger partial charge in [0.2, 0.25) is 0 Å². The number of hydrogen-bond donors (Lipinski definition) is 1. The molecule has 0 bridgehead atoms. The van der Waals surface area contributed by atoms with Gasteiger partial charge < -0.3 is 10.5 Å². The number of ketones is 1. The summed E-state index contributed by atoms with van der Waals surface area (Å²) >= 11 is 0. The molecule has 1 heterocycles. The van der Waals surface area contributed by atoms with Gasteiger partial charge in [-0.25, -0.2) is 0 Å². The fourth-order valence-electron chi connectivity index (χ4n) is 2.34. The zero-order valence-electron chi connectivity index (χ0n) is 11.0. The summed E-state index contributed by atoms with van der Waals surface area (Å²) in [5, 5.41) is 0. The Balaban J connectivity index is 1.86. The van der Waals surface area contributed by atoms with Gasteiger partial charge in [0.05, 0.1) is 6.10 Å². The van der Waals surface area contributed by atoms with Crippen LogP contribution in [0.15, 0.2) is 0 Å². The van der Waals surface area contributed by atoms with Crippen molar-refractivity contribution < 1.29 is 9.53 Å². The Morgan fingerprint density at radius 3 is 2.59 bits per heavy atom. The molecule has 0 saturated carbocycles. The van der Waals surface area contributed by atoms with Crippen LogP contribution in [0.1, 0.15) is 64.2 Å². The highest BCUT2D eigenvalue weighted by atomic mass is 16.5. The first-order valence-electron chi connectivity index (χ1n) is 7.16. The van der Waals surface area contributed by atoms with Gasteiger partial charge >= 0.3 is 0 Å². The second-order valence-electron chi connectivity index (χ2n) is 5.02. The second-order valence-corrected chi connectivity index (χ2v) is 5.02. The summed E-state index contributed by atoms with van der Waals surface area (Å²) in [6, 6.07) is 0. The predicted octanol–water partition coefficient (Wildman–Crippen LogP) is 2.81. The molecule has 1 unspecified atom stereocenters. The maximum atomic E-state index is 11.6. The van der Waals surface area contributed by atoms with Crippen molar-refractivity contribution in [3.63, 3.8) is 0 Å². The average Bonchev–Trinajstić information content (AvgIpc) is 2.82. The molecule has 0 aromatic heterocycles. The van der Waals surface area contributed by atoms with E-state index in [9.17, 15) is 4.79 Å². The van der Waals surface area contributed by atoms with Crippen molar-refractivity contribution in [2.45, 2.75) is 70.3 Å². The second kappa shape index (κ2) is 9.60. The summed E-state index contributed by atoms with van der Waals surface area (Å²) in [4.78, 5) is 11.6. The minimum Gasteiger partial charge on any atom is -0.378 e. The van der Waals surface area contributed by atoms with Crippen molar-refractivity contribution >= 4 is 5.78 Å². The maximum absolute atomic E-state index is 11.6. The molecule has 0 aromatic rings. The molecule has 0 aliphatic carbocycles. The van der Waals surface area contributed by atoms with Crippen molar-refractivity contribution in [2.75, 3.05) is 13.2 Å². The molecule has 2 N–H and O–H groups in total. The van der Waals surface area contributed by atoms with Crippen LogP contribution in [-0.2, 0) is 9.53 Å². The molecule has 1 aliphatic heterocycles. The Labute approximate surface area is 105 Å². The lowest BCUT2D eigenvalue weighted by Gasteiger charge is -2.08. The van der Waals surface area contributed by atoms with Gasteiger partial charge in [-0.3, -0.25) is 4.79 Å². The standard InChI is InChI=1S/C14H27NO2/c15-11-4-2-1-3-7-13(16)8-5-9-14-10-6-12-17-14/h14H,1-12,15H2. The largest absolute Gasteiger partial charge is 0.378 e. The Morgan fingerprint density at radius 1 is 1.12 bits per heavy atom. The number of carbonyl (C=O) groups is 1. The molecular weight excluding hydrogens is 214 g/mol. The van der Waals surface area contributed by atoms with Crippen LogP contribution in [0.5, 0.6) is 0 Å². The third-order valence-electron chi connectivity index (χ3n) is 3.42. The van der Waals surface area contributed by atoms with Gasteiger partial charge in [-0.15, -0.1) is 0 Å². The Bertz CT molecular complexity index is 200. The quantitative estimate of drug-likeness (QED) is 0.598. The van der Waals surface area contributed by atoms with Crippen LogP contribution in [0.3, 0.4) is 0 Å². The highest BCUT2D eigenvalue weighted by molar-refractivity contribution is 5.78. The van der Waals surface area contributed by atoms with E-state index in [1.165, 1.54) is 19.3 Å². The van der Waals surface area contributed by atoms with E-state index in [1.54, 1.807) is 0 Å². The number of rotatable bonds is 10. The van der Waals surface area contributed by atoms with Crippen LogP contribution < -0.4 is 5.73 Å². The lowest BCUT2D eigenvalue weighted by Crippen LogP contribution is -2.06. The van der Waals surface area contributed by atoms with E-state index in [4.69, 9.17) is 10.5 Å². The molecule has 0 radical (unpaired) electrons. The molecule has 0 amide bonds. The molecule has 0 aromatic carbocycles. The van der Waals surface area contributed by atoms with Crippen LogP contribution in [0, 0.1) is 0 Å². The van der Waals surface area contributed by atoms with Crippen LogP contribution in [0.25, 0.3) is 0 Å². The zero-order chi connectivity index (χ0) is 12.3. The Morgan fingerprint density at radius 2 is 1.88 bits per heavy atom. The number of ether oxygens (including phenoxy) is 1.